The Bertz CT molecular complexity index is 1770. The Morgan fingerprint density at radius 3 is 2.68 bits per heavy atom. The molecule has 3 aromatic heterocycles. The summed E-state index contributed by atoms with van der Waals surface area (Å²) in [5, 5.41) is 8.92. The fourth-order valence-corrected chi connectivity index (χ4v) is 5.89. The first kappa shape index (κ1) is 26.8. The van der Waals surface area contributed by atoms with Gasteiger partial charge in [-0.3, -0.25) is 14.5 Å². The number of thioether (sulfide) groups is 1. The Labute approximate surface area is 239 Å². The van der Waals surface area contributed by atoms with Crippen molar-refractivity contribution in [3.8, 4) is 17.3 Å². The molecule has 1 aliphatic rings. The Hall–Kier alpha value is -4.38. The third-order valence-corrected chi connectivity index (χ3v) is 7.66. The number of Topliss-reactive ketones (excluding diaryl/α,β-unsaturated/α-hetero) is 1. The lowest BCUT2D eigenvalue weighted by Gasteiger charge is -2.12. The normalized spacial score (nSPS) is 12.5. The van der Waals surface area contributed by atoms with E-state index < -0.39 is 11.6 Å². The zero-order valence-corrected chi connectivity index (χ0v) is 23.3. The number of carbonyl (C=O) groups excluding carboxylic acids is 1. The van der Waals surface area contributed by atoms with Gasteiger partial charge in [0.05, 0.1) is 24.4 Å². The molecule has 5 aromatic rings. The summed E-state index contributed by atoms with van der Waals surface area (Å²) in [5.41, 5.74) is 4.45. The maximum atomic E-state index is 14.9. The van der Waals surface area contributed by atoms with E-state index in [-0.39, 0.29) is 30.1 Å². The van der Waals surface area contributed by atoms with E-state index in [0.29, 0.717) is 35.2 Å². The van der Waals surface area contributed by atoms with Gasteiger partial charge in [0.1, 0.15) is 34.7 Å². The highest BCUT2D eigenvalue weighted by Gasteiger charge is 2.24. The van der Waals surface area contributed by atoms with Crippen molar-refractivity contribution in [2.24, 2.45) is 0 Å². The molecule has 208 valence electrons. The van der Waals surface area contributed by atoms with E-state index in [2.05, 4.69) is 10.3 Å². The van der Waals surface area contributed by atoms with Crippen molar-refractivity contribution in [1.29, 1.82) is 0 Å². The van der Waals surface area contributed by atoms with E-state index in [1.807, 2.05) is 36.4 Å². The van der Waals surface area contributed by atoms with Crippen LogP contribution in [0.15, 0.2) is 54.7 Å². The van der Waals surface area contributed by atoms with Gasteiger partial charge in [0, 0.05) is 64.2 Å². The van der Waals surface area contributed by atoms with E-state index in [1.165, 1.54) is 19.1 Å². The van der Waals surface area contributed by atoms with Crippen molar-refractivity contribution in [1.82, 2.24) is 24.7 Å². The first-order chi connectivity index (χ1) is 19.9. The zero-order valence-electron chi connectivity index (χ0n) is 22.4. The molecule has 0 saturated carbocycles. The summed E-state index contributed by atoms with van der Waals surface area (Å²) in [6.45, 7) is 3.48. The largest absolute Gasteiger partial charge is 0.494 e. The highest BCUT2D eigenvalue weighted by atomic mass is 32.2. The van der Waals surface area contributed by atoms with E-state index in [4.69, 9.17) is 19.8 Å². The zero-order chi connectivity index (χ0) is 28.5. The number of pyridine rings is 1. The molecule has 4 heterocycles. The number of carbonyl (C=O) groups is 1. The Balaban J connectivity index is 1.40. The number of rotatable bonds is 9. The molecule has 41 heavy (non-hydrogen) atoms. The molecule has 1 N–H and O–H groups in total. The van der Waals surface area contributed by atoms with Gasteiger partial charge < -0.3 is 10.1 Å². The third-order valence-electron chi connectivity index (χ3n) is 6.69. The minimum atomic E-state index is -0.701. The van der Waals surface area contributed by atoms with Gasteiger partial charge in [0.25, 0.3) is 0 Å². The second-order valence-electron chi connectivity index (χ2n) is 9.68. The Morgan fingerprint density at radius 2 is 1.90 bits per heavy atom. The fourth-order valence-electron chi connectivity index (χ4n) is 4.85. The van der Waals surface area contributed by atoms with Crippen LogP contribution in [0.4, 0.5) is 20.3 Å². The molecule has 0 saturated heterocycles. The molecule has 8 nitrogen and oxygen atoms in total. The Morgan fingerprint density at radius 1 is 1.10 bits per heavy atom. The number of anilines is 2. The van der Waals surface area contributed by atoms with Crippen LogP contribution in [-0.2, 0) is 29.3 Å². The van der Waals surface area contributed by atoms with Gasteiger partial charge in [-0.05, 0) is 32.0 Å². The van der Waals surface area contributed by atoms with Crippen molar-refractivity contribution in [3.05, 3.63) is 88.9 Å². The van der Waals surface area contributed by atoms with Gasteiger partial charge in [0.15, 0.2) is 5.82 Å². The lowest BCUT2D eigenvalue weighted by Crippen LogP contribution is -2.08. The number of halogens is 2. The molecular weight excluding hydrogens is 546 g/mol. The van der Waals surface area contributed by atoms with Gasteiger partial charge >= 0.3 is 0 Å². The summed E-state index contributed by atoms with van der Waals surface area (Å²) in [4.78, 5) is 25.6. The van der Waals surface area contributed by atoms with Gasteiger partial charge in [-0.25, -0.2) is 18.7 Å². The summed E-state index contributed by atoms with van der Waals surface area (Å²) in [6, 6.07) is 13.5. The van der Waals surface area contributed by atoms with Crippen LogP contribution < -0.4 is 10.1 Å². The monoisotopic (exact) mass is 572 g/mol. The fraction of sp³-hybridized carbons (Fsp3) is 0.233. The number of nitrogens with zero attached hydrogens (tertiary/aromatic N) is 5. The molecular formula is C30H26F2N6O2S. The summed E-state index contributed by atoms with van der Waals surface area (Å²) in [7, 11) is 0. The number of aromatic nitrogens is 5. The minimum absolute atomic E-state index is 0.0312. The predicted molar refractivity (Wildman–Crippen MR) is 154 cm³/mol. The van der Waals surface area contributed by atoms with Crippen LogP contribution in [0.25, 0.3) is 22.4 Å². The number of para-hydroxylation sites is 1. The first-order valence-electron chi connectivity index (χ1n) is 13.1. The van der Waals surface area contributed by atoms with Gasteiger partial charge in [-0.2, -0.15) is 16.9 Å². The molecule has 0 aliphatic carbocycles. The number of hydrogen-bond acceptors (Lipinski definition) is 8. The average molecular weight is 573 g/mol. The summed E-state index contributed by atoms with van der Waals surface area (Å²) < 4.78 is 36.7. The maximum absolute atomic E-state index is 14.9. The van der Waals surface area contributed by atoms with Crippen molar-refractivity contribution < 1.29 is 18.3 Å². The van der Waals surface area contributed by atoms with Crippen molar-refractivity contribution in [3.63, 3.8) is 0 Å². The molecule has 0 amide bonds. The first-order valence-corrected chi connectivity index (χ1v) is 14.3. The number of ether oxygens (including phenoxy) is 1. The van der Waals surface area contributed by atoms with E-state index in [1.54, 1.807) is 29.6 Å². The number of fused-ring (bicyclic) bond motifs is 2. The van der Waals surface area contributed by atoms with Gasteiger partial charge in [-0.15, -0.1) is 0 Å². The molecule has 0 bridgehead atoms. The maximum Gasteiger partial charge on any atom is 0.183 e. The Kier molecular flexibility index (Phi) is 7.36. The summed E-state index contributed by atoms with van der Waals surface area (Å²) >= 11 is 1.74. The van der Waals surface area contributed by atoms with Crippen molar-refractivity contribution >= 4 is 40.0 Å². The number of ketones is 1. The smallest absolute Gasteiger partial charge is 0.183 e. The minimum Gasteiger partial charge on any atom is -0.494 e. The molecule has 0 fully saturated rings. The van der Waals surface area contributed by atoms with Crippen LogP contribution in [-0.4, -0.2) is 37.1 Å². The number of benzene rings is 2. The van der Waals surface area contributed by atoms with Crippen LogP contribution in [0.5, 0.6) is 5.75 Å². The SMILES string of the molecule is CCOc1cc(F)c(Cn2nc(-c3nc4c(c(Nc5ccnc(CC(C)=O)c5)n3)CSC4)c3ccccc32)c(F)c1. The highest BCUT2D eigenvalue weighted by molar-refractivity contribution is 7.98. The van der Waals surface area contributed by atoms with E-state index >= 15 is 0 Å². The predicted octanol–water partition coefficient (Wildman–Crippen LogP) is 6.24. The highest BCUT2D eigenvalue weighted by Crippen LogP contribution is 2.37. The quantitative estimate of drug-likeness (QED) is 0.222. The van der Waals surface area contributed by atoms with Crippen molar-refractivity contribution in [2.75, 3.05) is 11.9 Å². The van der Waals surface area contributed by atoms with Crippen LogP contribution in [0.3, 0.4) is 0 Å². The van der Waals surface area contributed by atoms with Crippen LogP contribution >= 0.6 is 11.8 Å². The van der Waals surface area contributed by atoms with Crippen LogP contribution in [0, 0.1) is 11.6 Å². The standard InChI is InChI=1S/C30H26F2N6O2S/c1-3-40-20-12-24(31)22(25(32)13-20)14-38-27-7-5-4-6-21(27)28(37-38)30-35-26-16-41-15-23(26)29(36-30)34-18-8-9-33-19(11-18)10-17(2)39/h4-9,11-13H,3,10,14-16H2,1-2H3,(H,33,34,35,36). The topological polar surface area (TPSA) is 94.8 Å². The summed E-state index contributed by atoms with van der Waals surface area (Å²) in [6.07, 6.45) is 1.91. The second-order valence-corrected chi connectivity index (χ2v) is 10.7. The van der Waals surface area contributed by atoms with Crippen LogP contribution in [0.1, 0.15) is 36.4 Å². The van der Waals surface area contributed by atoms with Gasteiger partial charge in [-0.1, -0.05) is 18.2 Å². The molecule has 0 spiro atoms. The van der Waals surface area contributed by atoms with E-state index in [9.17, 15) is 13.6 Å². The lowest BCUT2D eigenvalue weighted by atomic mass is 10.1. The molecule has 1 aliphatic heterocycles. The molecule has 0 radical (unpaired) electrons. The summed E-state index contributed by atoms with van der Waals surface area (Å²) in [5.74, 6) is 1.32. The lowest BCUT2D eigenvalue weighted by molar-refractivity contribution is -0.116. The number of hydrogen-bond donors (Lipinski definition) is 1. The third kappa shape index (κ3) is 5.49. The molecule has 6 rings (SSSR count). The number of nitrogens with one attached hydrogen (secondary N) is 1. The van der Waals surface area contributed by atoms with Crippen molar-refractivity contribution in [2.45, 2.75) is 38.3 Å². The molecule has 11 heteroatoms. The molecule has 0 unspecified atom stereocenters. The van der Waals surface area contributed by atoms with E-state index in [0.717, 1.165) is 33.8 Å². The van der Waals surface area contributed by atoms with Crippen LogP contribution in [0.2, 0.25) is 0 Å². The van der Waals surface area contributed by atoms with Gasteiger partial charge in [0.2, 0.25) is 0 Å². The second kappa shape index (κ2) is 11.2. The molecule has 0 atom stereocenters. The average Bonchev–Trinajstić information content (AvgIpc) is 3.56. The molecule has 2 aromatic carbocycles.